The van der Waals surface area contributed by atoms with Gasteiger partial charge in [0.25, 0.3) is 0 Å². The molecular weight excluding hydrogens is 460 g/mol. The minimum absolute atomic E-state index is 0.0788. The molecule has 2 atom stereocenters. The van der Waals surface area contributed by atoms with Crippen LogP contribution in [0.3, 0.4) is 0 Å². The summed E-state index contributed by atoms with van der Waals surface area (Å²) in [4.78, 5) is 14.2. The van der Waals surface area contributed by atoms with E-state index >= 15 is 0 Å². The molecule has 0 amide bonds. The lowest BCUT2D eigenvalue weighted by Crippen LogP contribution is -2.49. The predicted octanol–water partition coefficient (Wildman–Crippen LogP) is 3.34. The highest BCUT2D eigenvalue weighted by atomic mass is 32.2. The quantitative estimate of drug-likeness (QED) is 0.627. The monoisotopic (exact) mass is 498 g/mol. The summed E-state index contributed by atoms with van der Waals surface area (Å²) in [5.74, 6) is 1.80. The fraction of sp³-hybridized carbons (Fsp3) is 0.615. The van der Waals surface area contributed by atoms with Gasteiger partial charge in [-0.2, -0.15) is 4.98 Å². The lowest BCUT2D eigenvalue weighted by Gasteiger charge is -2.37. The van der Waals surface area contributed by atoms with Crippen molar-refractivity contribution >= 4 is 21.8 Å². The standard InChI is InChI=1S/C26H38N6O2S/c33-35(34,21-22-9-4-3-5-10-22)32-17-8-11-24(20-32)31-18-13-23(19-31)28-26-27-14-12-25(29-26)30-15-6-1-2-7-16-30/h3-5,9-10,12,14,23-24H,1-2,6-8,11,13,15-21H2,(H,27,28,29). The van der Waals surface area contributed by atoms with Gasteiger partial charge in [-0.25, -0.2) is 17.7 Å². The number of hydrogen-bond acceptors (Lipinski definition) is 7. The van der Waals surface area contributed by atoms with Crippen molar-refractivity contribution in [3.8, 4) is 0 Å². The van der Waals surface area contributed by atoms with Crippen LogP contribution in [0.15, 0.2) is 42.6 Å². The number of rotatable bonds is 7. The number of piperidine rings is 1. The Kier molecular flexibility index (Phi) is 7.84. The topological polar surface area (TPSA) is 81.7 Å². The molecule has 190 valence electrons. The van der Waals surface area contributed by atoms with Crippen molar-refractivity contribution in [1.82, 2.24) is 19.2 Å². The van der Waals surface area contributed by atoms with Gasteiger partial charge in [-0.15, -0.1) is 0 Å². The van der Waals surface area contributed by atoms with E-state index in [0.717, 1.165) is 56.8 Å². The molecule has 0 aliphatic carbocycles. The largest absolute Gasteiger partial charge is 0.356 e. The number of likely N-dealkylation sites (tertiary alicyclic amines) is 1. The molecule has 0 bridgehead atoms. The van der Waals surface area contributed by atoms with Gasteiger partial charge in [0.05, 0.1) is 5.75 Å². The summed E-state index contributed by atoms with van der Waals surface area (Å²) in [6, 6.07) is 12.1. The van der Waals surface area contributed by atoms with Crippen molar-refractivity contribution in [2.45, 2.75) is 62.8 Å². The van der Waals surface area contributed by atoms with Crippen LogP contribution >= 0.6 is 0 Å². The molecule has 35 heavy (non-hydrogen) atoms. The zero-order chi connectivity index (χ0) is 24.1. The lowest BCUT2D eigenvalue weighted by molar-refractivity contribution is 0.161. The van der Waals surface area contributed by atoms with Crippen molar-refractivity contribution in [2.24, 2.45) is 0 Å². The highest BCUT2D eigenvalue weighted by Crippen LogP contribution is 2.25. The summed E-state index contributed by atoms with van der Waals surface area (Å²) < 4.78 is 27.9. The molecule has 0 radical (unpaired) electrons. The van der Waals surface area contributed by atoms with Crippen LogP contribution in [-0.2, 0) is 15.8 Å². The van der Waals surface area contributed by atoms with Gasteiger partial charge in [-0.1, -0.05) is 43.2 Å². The Labute approximate surface area is 209 Å². The van der Waals surface area contributed by atoms with Crippen LogP contribution in [0.5, 0.6) is 0 Å². The number of sulfonamides is 1. The van der Waals surface area contributed by atoms with Crippen molar-refractivity contribution in [1.29, 1.82) is 0 Å². The van der Waals surface area contributed by atoms with E-state index in [-0.39, 0.29) is 17.8 Å². The van der Waals surface area contributed by atoms with E-state index in [0.29, 0.717) is 19.0 Å². The highest BCUT2D eigenvalue weighted by Gasteiger charge is 2.35. The Bertz CT molecular complexity index is 1060. The first-order chi connectivity index (χ1) is 17.1. The summed E-state index contributed by atoms with van der Waals surface area (Å²) >= 11 is 0. The van der Waals surface area contributed by atoms with E-state index in [4.69, 9.17) is 4.98 Å². The molecule has 2 unspecified atom stereocenters. The Morgan fingerprint density at radius 1 is 0.886 bits per heavy atom. The Morgan fingerprint density at radius 3 is 2.49 bits per heavy atom. The smallest absolute Gasteiger partial charge is 0.224 e. The van der Waals surface area contributed by atoms with E-state index in [2.05, 4.69) is 20.1 Å². The van der Waals surface area contributed by atoms with Gasteiger partial charge >= 0.3 is 0 Å². The highest BCUT2D eigenvalue weighted by molar-refractivity contribution is 7.88. The first kappa shape index (κ1) is 24.5. The summed E-state index contributed by atoms with van der Waals surface area (Å²) in [6.45, 7) is 5.22. The van der Waals surface area contributed by atoms with Gasteiger partial charge in [0.2, 0.25) is 16.0 Å². The van der Waals surface area contributed by atoms with E-state index in [9.17, 15) is 8.42 Å². The normalized spacial score (nSPS) is 24.9. The molecule has 3 aliphatic rings. The zero-order valence-electron chi connectivity index (χ0n) is 20.6. The zero-order valence-corrected chi connectivity index (χ0v) is 21.4. The molecule has 1 N–H and O–H groups in total. The number of hydrogen-bond donors (Lipinski definition) is 1. The molecule has 9 heteroatoms. The maximum Gasteiger partial charge on any atom is 0.224 e. The third-order valence-corrected chi connectivity index (χ3v) is 9.40. The SMILES string of the molecule is O=S(=O)(Cc1ccccc1)N1CCCC(N2CCC(Nc3nccc(N4CCCCCC4)n3)C2)C1. The fourth-order valence-electron chi connectivity index (χ4n) is 5.66. The number of anilines is 2. The minimum Gasteiger partial charge on any atom is -0.356 e. The van der Waals surface area contributed by atoms with Crippen LogP contribution in [0.25, 0.3) is 0 Å². The molecule has 3 aliphatic heterocycles. The molecule has 2 aromatic rings. The second-order valence-electron chi connectivity index (χ2n) is 10.2. The molecule has 3 saturated heterocycles. The maximum atomic E-state index is 13.1. The van der Waals surface area contributed by atoms with Gasteiger partial charge in [0.1, 0.15) is 5.82 Å². The third kappa shape index (κ3) is 6.32. The van der Waals surface area contributed by atoms with Crippen LogP contribution in [0, 0.1) is 0 Å². The molecule has 1 aromatic carbocycles. The van der Waals surface area contributed by atoms with Crippen LogP contribution in [0.4, 0.5) is 11.8 Å². The molecule has 0 spiro atoms. The number of nitrogens with one attached hydrogen (secondary N) is 1. The lowest BCUT2D eigenvalue weighted by atomic mass is 10.1. The Balaban J connectivity index is 1.16. The van der Waals surface area contributed by atoms with E-state index in [1.54, 1.807) is 4.31 Å². The van der Waals surface area contributed by atoms with E-state index < -0.39 is 10.0 Å². The van der Waals surface area contributed by atoms with Gasteiger partial charge < -0.3 is 10.2 Å². The summed E-state index contributed by atoms with van der Waals surface area (Å²) in [6.07, 6.45) is 9.89. The predicted molar refractivity (Wildman–Crippen MR) is 140 cm³/mol. The summed E-state index contributed by atoms with van der Waals surface area (Å²) in [7, 11) is -3.31. The molecule has 5 rings (SSSR count). The van der Waals surface area contributed by atoms with Crippen LogP contribution in [0.1, 0.15) is 50.5 Å². The molecule has 1 aromatic heterocycles. The Morgan fingerprint density at radius 2 is 1.69 bits per heavy atom. The molecular formula is C26H38N6O2S. The van der Waals surface area contributed by atoms with Crippen LogP contribution < -0.4 is 10.2 Å². The maximum absolute atomic E-state index is 13.1. The third-order valence-electron chi connectivity index (χ3n) is 7.58. The average molecular weight is 499 g/mol. The molecule has 4 heterocycles. The summed E-state index contributed by atoms with van der Waals surface area (Å²) in [5.41, 5.74) is 0.850. The van der Waals surface area contributed by atoms with E-state index in [1.807, 2.05) is 42.6 Å². The van der Waals surface area contributed by atoms with Crippen LogP contribution in [0.2, 0.25) is 0 Å². The van der Waals surface area contributed by atoms with Gasteiger partial charge in [0.15, 0.2) is 0 Å². The van der Waals surface area contributed by atoms with Gasteiger partial charge in [-0.05, 0) is 43.7 Å². The second-order valence-corrected chi connectivity index (χ2v) is 12.1. The second kappa shape index (κ2) is 11.2. The van der Waals surface area contributed by atoms with Gasteiger partial charge in [-0.3, -0.25) is 4.90 Å². The first-order valence-electron chi connectivity index (χ1n) is 13.2. The fourth-order valence-corrected chi connectivity index (χ4v) is 7.26. The van der Waals surface area contributed by atoms with Crippen molar-refractivity contribution in [3.63, 3.8) is 0 Å². The van der Waals surface area contributed by atoms with E-state index in [1.165, 1.54) is 25.7 Å². The number of nitrogens with zero attached hydrogens (tertiary/aromatic N) is 5. The molecule has 0 saturated carbocycles. The molecule has 8 nitrogen and oxygen atoms in total. The first-order valence-corrected chi connectivity index (χ1v) is 14.8. The summed E-state index contributed by atoms with van der Waals surface area (Å²) in [5, 5.41) is 3.56. The minimum atomic E-state index is -3.31. The number of aromatic nitrogens is 2. The number of benzene rings is 1. The van der Waals surface area contributed by atoms with Crippen LogP contribution in [-0.4, -0.2) is 78.9 Å². The van der Waals surface area contributed by atoms with Crippen molar-refractivity contribution < 1.29 is 8.42 Å². The van der Waals surface area contributed by atoms with Crippen molar-refractivity contribution in [2.75, 3.05) is 49.5 Å². The Hall–Kier alpha value is -2.23. The average Bonchev–Trinajstić information content (AvgIpc) is 3.16. The molecule has 3 fully saturated rings. The van der Waals surface area contributed by atoms with Gasteiger partial charge in [0, 0.05) is 57.5 Å². The van der Waals surface area contributed by atoms with Crippen molar-refractivity contribution in [3.05, 3.63) is 48.2 Å².